The van der Waals surface area contributed by atoms with Crippen LogP contribution in [-0.4, -0.2) is 29.0 Å². The van der Waals surface area contributed by atoms with Crippen molar-refractivity contribution in [1.29, 1.82) is 0 Å². The second-order valence-corrected chi connectivity index (χ2v) is 5.39. The fourth-order valence-corrected chi connectivity index (χ4v) is 2.07. The second-order valence-electron chi connectivity index (χ2n) is 5.39. The molecule has 1 N–H and O–H groups in total. The quantitative estimate of drug-likeness (QED) is 0.720. The molecule has 0 aliphatic rings. The summed E-state index contributed by atoms with van der Waals surface area (Å²) in [5.41, 5.74) is 2.16. The number of ether oxygens (including phenoxy) is 1. The maximum absolute atomic E-state index is 5.52. The van der Waals surface area contributed by atoms with E-state index in [1.165, 1.54) is 0 Å². The van der Waals surface area contributed by atoms with Crippen molar-refractivity contribution < 1.29 is 4.74 Å². The molecule has 0 saturated heterocycles. The van der Waals surface area contributed by atoms with Gasteiger partial charge < -0.3 is 10.1 Å². The van der Waals surface area contributed by atoms with Crippen LogP contribution in [-0.2, 0) is 11.3 Å². The summed E-state index contributed by atoms with van der Waals surface area (Å²) in [4.78, 5) is 0. The Morgan fingerprint density at radius 1 is 1.14 bits per heavy atom. The molecule has 0 aliphatic carbocycles. The molecule has 2 rings (SSSR count). The number of nitrogens with one attached hydrogen (secondary N) is 1. The fraction of sp³-hybridized carbons (Fsp3) is 0.471. The standard InChI is InChI=1S/C17H25N3O/c1-15(2)21-13-7-6-11-18-14-16-10-12-20(19-16)17-8-4-3-5-9-17/h3-5,8-10,12,15,18H,6-7,11,13-14H2,1-2H3. The number of para-hydroxylation sites is 1. The zero-order valence-corrected chi connectivity index (χ0v) is 13.0. The monoisotopic (exact) mass is 287 g/mol. The number of aromatic nitrogens is 2. The van der Waals surface area contributed by atoms with Gasteiger partial charge in [0.15, 0.2) is 0 Å². The summed E-state index contributed by atoms with van der Waals surface area (Å²) in [6.07, 6.45) is 4.57. The number of nitrogens with zero attached hydrogens (tertiary/aromatic N) is 2. The molecule has 0 amide bonds. The van der Waals surface area contributed by atoms with Gasteiger partial charge in [-0.3, -0.25) is 0 Å². The molecule has 0 bridgehead atoms. The lowest BCUT2D eigenvalue weighted by molar-refractivity contribution is 0.0760. The summed E-state index contributed by atoms with van der Waals surface area (Å²) in [5.74, 6) is 0. The second kappa shape index (κ2) is 8.60. The third-order valence-electron chi connectivity index (χ3n) is 3.17. The molecular formula is C17H25N3O. The molecule has 0 atom stereocenters. The number of hydrogen-bond acceptors (Lipinski definition) is 3. The average Bonchev–Trinajstić information content (AvgIpc) is 2.96. The van der Waals surface area contributed by atoms with E-state index >= 15 is 0 Å². The van der Waals surface area contributed by atoms with E-state index in [1.807, 2.05) is 29.1 Å². The SMILES string of the molecule is CC(C)OCCCCNCc1ccn(-c2ccccc2)n1. The Hall–Kier alpha value is -1.65. The van der Waals surface area contributed by atoms with E-state index in [0.29, 0.717) is 6.10 Å². The summed E-state index contributed by atoms with van der Waals surface area (Å²) >= 11 is 0. The summed E-state index contributed by atoms with van der Waals surface area (Å²) in [7, 11) is 0. The molecule has 0 unspecified atom stereocenters. The Balaban J connectivity index is 1.65. The predicted molar refractivity (Wildman–Crippen MR) is 85.6 cm³/mol. The molecule has 0 saturated carbocycles. The van der Waals surface area contributed by atoms with Crippen LogP contribution in [0.3, 0.4) is 0 Å². The molecule has 0 fully saturated rings. The van der Waals surface area contributed by atoms with Crippen molar-refractivity contribution in [2.75, 3.05) is 13.2 Å². The highest BCUT2D eigenvalue weighted by molar-refractivity contribution is 5.30. The van der Waals surface area contributed by atoms with E-state index in [4.69, 9.17) is 4.74 Å². The first kappa shape index (κ1) is 15.7. The number of rotatable bonds is 9. The van der Waals surface area contributed by atoms with Crippen molar-refractivity contribution in [1.82, 2.24) is 15.1 Å². The van der Waals surface area contributed by atoms with Gasteiger partial charge in [0.1, 0.15) is 0 Å². The minimum Gasteiger partial charge on any atom is -0.379 e. The van der Waals surface area contributed by atoms with Gasteiger partial charge >= 0.3 is 0 Å². The largest absolute Gasteiger partial charge is 0.379 e. The van der Waals surface area contributed by atoms with Crippen LogP contribution in [0.4, 0.5) is 0 Å². The third kappa shape index (κ3) is 5.69. The molecule has 1 aromatic carbocycles. The van der Waals surface area contributed by atoms with E-state index in [1.54, 1.807) is 0 Å². The Labute approximate surface area is 127 Å². The Morgan fingerprint density at radius 2 is 1.95 bits per heavy atom. The Kier molecular flexibility index (Phi) is 6.44. The van der Waals surface area contributed by atoms with Gasteiger partial charge in [0.2, 0.25) is 0 Å². The zero-order chi connectivity index (χ0) is 14.9. The Bertz CT molecular complexity index is 508. The fourth-order valence-electron chi connectivity index (χ4n) is 2.07. The molecule has 0 spiro atoms. The lowest BCUT2D eigenvalue weighted by atomic mass is 10.3. The van der Waals surface area contributed by atoms with Gasteiger partial charge in [0.25, 0.3) is 0 Å². The van der Waals surface area contributed by atoms with Crippen LogP contribution < -0.4 is 5.32 Å². The first-order valence-corrected chi connectivity index (χ1v) is 7.68. The number of unbranched alkanes of at least 4 members (excludes halogenated alkanes) is 1. The normalized spacial score (nSPS) is 11.2. The topological polar surface area (TPSA) is 39.1 Å². The Morgan fingerprint density at radius 3 is 2.71 bits per heavy atom. The first-order chi connectivity index (χ1) is 10.3. The maximum atomic E-state index is 5.52. The molecule has 0 aliphatic heterocycles. The van der Waals surface area contributed by atoms with Gasteiger partial charge in [-0.2, -0.15) is 5.10 Å². The lowest BCUT2D eigenvalue weighted by Crippen LogP contribution is -2.16. The summed E-state index contributed by atoms with van der Waals surface area (Å²) in [6.45, 7) is 6.80. The summed E-state index contributed by atoms with van der Waals surface area (Å²) < 4.78 is 7.43. The van der Waals surface area contributed by atoms with Crippen LogP contribution >= 0.6 is 0 Å². The molecule has 21 heavy (non-hydrogen) atoms. The molecule has 0 radical (unpaired) electrons. The van der Waals surface area contributed by atoms with Crippen molar-refractivity contribution in [2.45, 2.75) is 39.3 Å². The molecule has 1 aromatic heterocycles. The summed E-state index contributed by atoms with van der Waals surface area (Å²) in [5, 5.41) is 7.99. The number of benzene rings is 1. The molecular weight excluding hydrogens is 262 g/mol. The van der Waals surface area contributed by atoms with Gasteiger partial charge in [0.05, 0.1) is 17.5 Å². The summed E-state index contributed by atoms with van der Waals surface area (Å²) in [6, 6.07) is 12.2. The smallest absolute Gasteiger partial charge is 0.0766 e. The third-order valence-corrected chi connectivity index (χ3v) is 3.17. The van der Waals surface area contributed by atoms with Gasteiger partial charge in [-0.1, -0.05) is 18.2 Å². The van der Waals surface area contributed by atoms with Crippen molar-refractivity contribution in [3.63, 3.8) is 0 Å². The van der Waals surface area contributed by atoms with E-state index in [9.17, 15) is 0 Å². The van der Waals surface area contributed by atoms with Crippen LogP contribution in [0.2, 0.25) is 0 Å². The molecule has 1 heterocycles. The van der Waals surface area contributed by atoms with Crippen LogP contribution in [0, 0.1) is 0 Å². The van der Waals surface area contributed by atoms with Crippen molar-refractivity contribution >= 4 is 0 Å². The van der Waals surface area contributed by atoms with E-state index in [2.05, 4.69) is 42.5 Å². The highest BCUT2D eigenvalue weighted by Crippen LogP contribution is 2.06. The highest BCUT2D eigenvalue weighted by Gasteiger charge is 2.00. The molecule has 4 heteroatoms. The van der Waals surface area contributed by atoms with Crippen LogP contribution in [0.1, 0.15) is 32.4 Å². The molecule has 114 valence electrons. The minimum atomic E-state index is 0.333. The van der Waals surface area contributed by atoms with Gasteiger partial charge in [0, 0.05) is 19.3 Å². The van der Waals surface area contributed by atoms with Crippen LogP contribution in [0.15, 0.2) is 42.6 Å². The van der Waals surface area contributed by atoms with Crippen molar-refractivity contribution in [3.8, 4) is 5.69 Å². The van der Waals surface area contributed by atoms with Crippen molar-refractivity contribution in [3.05, 3.63) is 48.3 Å². The zero-order valence-electron chi connectivity index (χ0n) is 13.0. The van der Waals surface area contributed by atoms with Crippen LogP contribution in [0.5, 0.6) is 0 Å². The number of hydrogen-bond donors (Lipinski definition) is 1. The van der Waals surface area contributed by atoms with E-state index < -0.39 is 0 Å². The maximum Gasteiger partial charge on any atom is 0.0766 e. The van der Waals surface area contributed by atoms with E-state index in [0.717, 1.165) is 43.9 Å². The minimum absolute atomic E-state index is 0.333. The first-order valence-electron chi connectivity index (χ1n) is 7.68. The predicted octanol–water partition coefficient (Wildman–Crippen LogP) is 3.17. The van der Waals surface area contributed by atoms with Crippen molar-refractivity contribution in [2.24, 2.45) is 0 Å². The highest BCUT2D eigenvalue weighted by atomic mass is 16.5. The van der Waals surface area contributed by atoms with E-state index in [-0.39, 0.29) is 0 Å². The molecule has 2 aromatic rings. The van der Waals surface area contributed by atoms with Gasteiger partial charge in [-0.25, -0.2) is 4.68 Å². The van der Waals surface area contributed by atoms with Gasteiger partial charge in [-0.05, 0) is 51.4 Å². The lowest BCUT2D eigenvalue weighted by Gasteiger charge is -2.07. The van der Waals surface area contributed by atoms with Crippen LogP contribution in [0.25, 0.3) is 5.69 Å². The molecule has 4 nitrogen and oxygen atoms in total. The van der Waals surface area contributed by atoms with Gasteiger partial charge in [-0.15, -0.1) is 0 Å². The average molecular weight is 287 g/mol.